The molecule has 2 aromatic carbocycles. The molecule has 11 heteroatoms. The fourth-order valence-electron chi connectivity index (χ4n) is 6.01. The number of carbonyl (C=O) groups is 3. The van der Waals surface area contributed by atoms with Gasteiger partial charge in [0.05, 0.1) is 12.6 Å². The third-order valence-corrected chi connectivity index (χ3v) is 8.29. The van der Waals surface area contributed by atoms with Crippen molar-refractivity contribution in [2.24, 2.45) is 0 Å². The van der Waals surface area contributed by atoms with Crippen LogP contribution in [0, 0.1) is 5.82 Å². The zero-order chi connectivity index (χ0) is 34.1. The van der Waals surface area contributed by atoms with Crippen molar-refractivity contribution in [2.45, 2.75) is 90.4 Å². The molecule has 47 heavy (non-hydrogen) atoms. The molecule has 10 nitrogen and oxygen atoms in total. The fourth-order valence-corrected chi connectivity index (χ4v) is 6.01. The minimum Gasteiger partial charge on any atom is -0.493 e. The van der Waals surface area contributed by atoms with Crippen LogP contribution in [0.1, 0.15) is 87.4 Å². The van der Waals surface area contributed by atoms with Crippen LogP contribution >= 0.6 is 0 Å². The standard InChI is InChI=1S/C36H50FN3O7/c1-24(2)40(28-9-7-16-39(23-28)35(43)47-36(3,4)5)34(42)26-10-12-29(32(22-26)46-18-8-17-44-6)30-21-25(11-13-31(30)37)33(41)38-27-14-19-45-20-15-27/h10-13,21-22,24,27-28H,7-9,14-20,23H2,1-6H3,(H,38,41)/t28-/m1/s1. The lowest BCUT2D eigenvalue weighted by Crippen LogP contribution is -2.54. The molecule has 258 valence electrons. The fraction of sp³-hybridized carbons (Fsp3) is 0.583. The summed E-state index contributed by atoms with van der Waals surface area (Å²) in [6.07, 6.45) is 3.13. The van der Waals surface area contributed by atoms with Gasteiger partial charge in [-0.1, -0.05) is 0 Å². The van der Waals surface area contributed by atoms with Crippen molar-refractivity contribution >= 4 is 17.9 Å². The number of halogens is 1. The number of nitrogens with one attached hydrogen (secondary N) is 1. The van der Waals surface area contributed by atoms with Gasteiger partial charge in [-0.2, -0.15) is 0 Å². The summed E-state index contributed by atoms with van der Waals surface area (Å²) in [5, 5.41) is 3.03. The number of piperidine rings is 1. The van der Waals surface area contributed by atoms with Crippen molar-refractivity contribution in [1.82, 2.24) is 15.1 Å². The molecule has 0 bridgehead atoms. The molecule has 2 heterocycles. The summed E-state index contributed by atoms with van der Waals surface area (Å²) < 4.78 is 37.7. The number of amides is 3. The summed E-state index contributed by atoms with van der Waals surface area (Å²) in [6, 6.07) is 8.88. The van der Waals surface area contributed by atoms with Crippen molar-refractivity contribution in [3.8, 4) is 16.9 Å². The highest BCUT2D eigenvalue weighted by atomic mass is 19.1. The van der Waals surface area contributed by atoms with Crippen LogP contribution in [0.15, 0.2) is 36.4 Å². The number of likely N-dealkylation sites (tertiary alicyclic amines) is 1. The molecular weight excluding hydrogens is 605 g/mol. The molecular formula is C36H50FN3O7. The number of methoxy groups -OCH3 is 1. The Bertz CT molecular complexity index is 1390. The molecule has 0 unspecified atom stereocenters. The van der Waals surface area contributed by atoms with Gasteiger partial charge in [0.2, 0.25) is 0 Å². The molecule has 2 fully saturated rings. The zero-order valence-corrected chi connectivity index (χ0v) is 28.6. The Labute approximate surface area is 277 Å². The summed E-state index contributed by atoms with van der Waals surface area (Å²) in [7, 11) is 1.60. The maximum absolute atomic E-state index is 15.4. The molecule has 1 atom stereocenters. The first-order chi connectivity index (χ1) is 22.4. The van der Waals surface area contributed by atoms with Gasteiger partial charge in [0.25, 0.3) is 11.8 Å². The van der Waals surface area contributed by atoms with Crippen molar-refractivity contribution in [3.05, 3.63) is 53.3 Å². The van der Waals surface area contributed by atoms with Crippen LogP contribution in [-0.2, 0) is 14.2 Å². The van der Waals surface area contributed by atoms with Crippen molar-refractivity contribution in [1.29, 1.82) is 0 Å². The lowest BCUT2D eigenvalue weighted by atomic mass is 9.97. The second-order valence-corrected chi connectivity index (χ2v) is 13.5. The third kappa shape index (κ3) is 9.90. The van der Waals surface area contributed by atoms with Gasteiger partial charge in [-0.05, 0) is 96.7 Å². The summed E-state index contributed by atoms with van der Waals surface area (Å²) in [5.74, 6) is -0.681. The monoisotopic (exact) mass is 655 g/mol. The van der Waals surface area contributed by atoms with E-state index in [0.29, 0.717) is 61.8 Å². The van der Waals surface area contributed by atoms with Gasteiger partial charge in [-0.25, -0.2) is 9.18 Å². The van der Waals surface area contributed by atoms with Gasteiger partial charge in [0, 0.05) is 80.8 Å². The highest BCUT2D eigenvalue weighted by Crippen LogP contribution is 2.35. The molecule has 3 amide bonds. The van der Waals surface area contributed by atoms with E-state index in [-0.39, 0.29) is 48.2 Å². The molecule has 2 aromatic rings. The van der Waals surface area contributed by atoms with Crippen LogP contribution in [0.2, 0.25) is 0 Å². The first-order valence-corrected chi connectivity index (χ1v) is 16.6. The second kappa shape index (κ2) is 16.4. The molecule has 4 rings (SSSR count). The first kappa shape index (κ1) is 36.1. The molecule has 2 aliphatic rings. The number of benzene rings is 2. The normalized spacial score (nSPS) is 17.4. The minimum absolute atomic E-state index is 0.000917. The number of nitrogens with zero attached hydrogens (tertiary/aromatic N) is 2. The largest absolute Gasteiger partial charge is 0.493 e. The van der Waals surface area contributed by atoms with Crippen LogP contribution < -0.4 is 10.1 Å². The van der Waals surface area contributed by atoms with Crippen LogP contribution in [0.4, 0.5) is 9.18 Å². The molecule has 0 spiro atoms. The van der Waals surface area contributed by atoms with Crippen molar-refractivity contribution in [2.75, 3.05) is 46.6 Å². The number of carbonyl (C=O) groups excluding carboxylic acids is 3. The van der Waals surface area contributed by atoms with E-state index in [4.69, 9.17) is 18.9 Å². The third-order valence-electron chi connectivity index (χ3n) is 8.29. The Morgan fingerprint density at radius 1 is 1.02 bits per heavy atom. The molecule has 0 aliphatic carbocycles. The van der Waals surface area contributed by atoms with E-state index < -0.39 is 11.4 Å². The van der Waals surface area contributed by atoms with Gasteiger partial charge in [-0.3, -0.25) is 9.59 Å². The van der Waals surface area contributed by atoms with Crippen LogP contribution in [0.5, 0.6) is 5.75 Å². The van der Waals surface area contributed by atoms with Crippen molar-refractivity contribution < 1.29 is 37.7 Å². The Morgan fingerprint density at radius 2 is 1.74 bits per heavy atom. The number of ether oxygens (including phenoxy) is 4. The molecule has 0 aromatic heterocycles. The summed E-state index contributed by atoms with van der Waals surface area (Å²) in [6.45, 7) is 12.3. The van der Waals surface area contributed by atoms with Gasteiger partial charge in [-0.15, -0.1) is 0 Å². The molecule has 0 radical (unpaired) electrons. The van der Waals surface area contributed by atoms with Crippen LogP contribution in [-0.4, -0.2) is 98.1 Å². The van der Waals surface area contributed by atoms with E-state index in [0.717, 1.165) is 25.7 Å². The van der Waals surface area contributed by atoms with E-state index >= 15 is 4.39 Å². The Morgan fingerprint density at radius 3 is 2.43 bits per heavy atom. The van der Waals surface area contributed by atoms with E-state index in [9.17, 15) is 14.4 Å². The Kier molecular flexibility index (Phi) is 12.6. The maximum atomic E-state index is 15.4. The molecule has 0 saturated carbocycles. The van der Waals surface area contributed by atoms with E-state index in [1.807, 2.05) is 39.5 Å². The minimum atomic E-state index is -0.618. The Hall–Kier alpha value is -3.70. The SMILES string of the molecule is COCCCOc1cc(C(=O)N(C(C)C)[C@@H]2CCCN(C(=O)OC(C)(C)C)C2)ccc1-c1cc(C(=O)NC2CCOCC2)ccc1F. The number of hydrogen-bond acceptors (Lipinski definition) is 7. The average molecular weight is 656 g/mol. The molecule has 2 aliphatic heterocycles. The van der Waals surface area contributed by atoms with Gasteiger partial charge >= 0.3 is 6.09 Å². The maximum Gasteiger partial charge on any atom is 0.410 e. The molecule has 2 saturated heterocycles. The topological polar surface area (TPSA) is 107 Å². The van der Waals surface area contributed by atoms with Crippen LogP contribution in [0.3, 0.4) is 0 Å². The van der Waals surface area contributed by atoms with E-state index in [1.54, 1.807) is 30.2 Å². The summed E-state index contributed by atoms with van der Waals surface area (Å²) >= 11 is 0. The quantitative estimate of drug-likeness (QED) is 0.293. The van der Waals surface area contributed by atoms with Crippen LogP contribution in [0.25, 0.3) is 11.1 Å². The Balaban J connectivity index is 1.62. The highest BCUT2D eigenvalue weighted by Gasteiger charge is 2.34. The van der Waals surface area contributed by atoms with Gasteiger partial charge in [0.1, 0.15) is 17.2 Å². The summed E-state index contributed by atoms with van der Waals surface area (Å²) in [4.78, 5) is 43.6. The van der Waals surface area contributed by atoms with Gasteiger partial charge in [0.15, 0.2) is 0 Å². The predicted octanol–water partition coefficient (Wildman–Crippen LogP) is 6.07. The van der Waals surface area contributed by atoms with Crippen molar-refractivity contribution in [3.63, 3.8) is 0 Å². The van der Waals surface area contributed by atoms with E-state index in [1.165, 1.54) is 18.2 Å². The number of rotatable bonds is 11. The lowest BCUT2D eigenvalue weighted by molar-refractivity contribution is 0.00751. The predicted molar refractivity (Wildman–Crippen MR) is 177 cm³/mol. The van der Waals surface area contributed by atoms with Gasteiger partial charge < -0.3 is 34.1 Å². The smallest absolute Gasteiger partial charge is 0.410 e. The molecule has 1 N–H and O–H groups in total. The van der Waals surface area contributed by atoms with E-state index in [2.05, 4.69) is 5.32 Å². The number of hydrogen-bond donors (Lipinski definition) is 1. The summed E-state index contributed by atoms with van der Waals surface area (Å²) in [5.41, 5.74) is 0.726. The average Bonchev–Trinajstić information content (AvgIpc) is 3.03. The first-order valence-electron chi connectivity index (χ1n) is 16.6. The lowest BCUT2D eigenvalue weighted by Gasteiger charge is -2.41. The highest BCUT2D eigenvalue weighted by molar-refractivity contribution is 5.97. The zero-order valence-electron chi connectivity index (χ0n) is 28.6. The second-order valence-electron chi connectivity index (χ2n) is 13.5.